The van der Waals surface area contributed by atoms with Crippen LogP contribution in [0.3, 0.4) is 0 Å². The van der Waals surface area contributed by atoms with Crippen LogP contribution in [0, 0.1) is 0 Å². The first-order chi connectivity index (χ1) is 13.7. The molecule has 4 N–H and O–H groups in total. The van der Waals surface area contributed by atoms with Crippen LogP contribution in [0.15, 0.2) is 60.7 Å². The van der Waals surface area contributed by atoms with Crippen molar-refractivity contribution in [2.75, 3.05) is 24.7 Å². The van der Waals surface area contributed by atoms with E-state index >= 15 is 0 Å². The van der Waals surface area contributed by atoms with Crippen LogP contribution in [0.1, 0.15) is 0 Å². The number of aromatic amines is 2. The lowest BCUT2D eigenvalue weighted by molar-refractivity contribution is 1.30. The van der Waals surface area contributed by atoms with Gasteiger partial charge in [-0.25, -0.2) is 9.97 Å². The second kappa shape index (κ2) is 6.42. The highest BCUT2D eigenvalue weighted by Gasteiger charge is 2.14. The molecule has 0 saturated heterocycles. The summed E-state index contributed by atoms with van der Waals surface area (Å²) >= 11 is 0. The predicted molar refractivity (Wildman–Crippen MR) is 116 cm³/mol. The minimum Gasteiger partial charge on any atom is -0.388 e. The quantitative estimate of drug-likeness (QED) is 0.365. The topological polar surface area (TPSA) is 81.4 Å². The average Bonchev–Trinajstić information content (AvgIpc) is 3.36. The van der Waals surface area contributed by atoms with Gasteiger partial charge in [0.25, 0.3) is 0 Å². The lowest BCUT2D eigenvalue weighted by Crippen LogP contribution is -1.88. The molecule has 0 fully saturated rings. The number of hydrogen-bond acceptors (Lipinski definition) is 4. The first kappa shape index (κ1) is 16.4. The highest BCUT2D eigenvalue weighted by Crippen LogP contribution is 2.32. The molecule has 0 unspecified atom stereocenters. The van der Waals surface area contributed by atoms with Crippen LogP contribution < -0.4 is 10.6 Å². The third-order valence-corrected chi connectivity index (χ3v) is 4.98. The van der Waals surface area contributed by atoms with Crippen LogP contribution in [0.2, 0.25) is 0 Å². The van der Waals surface area contributed by atoms with Crippen molar-refractivity contribution in [3.8, 4) is 22.8 Å². The molecule has 6 nitrogen and oxygen atoms in total. The fourth-order valence-corrected chi connectivity index (χ4v) is 3.48. The predicted octanol–water partition coefficient (Wildman–Crippen LogP) is 4.86. The molecule has 5 rings (SSSR count). The molecule has 0 amide bonds. The van der Waals surface area contributed by atoms with E-state index in [1.165, 1.54) is 0 Å². The van der Waals surface area contributed by atoms with Gasteiger partial charge < -0.3 is 20.6 Å². The SMILES string of the molecule is CNc1ccc2nc(-c3ccccc3-c3nc4ccc(NC)cc4[nH]3)[nH]c2c1. The van der Waals surface area contributed by atoms with E-state index in [1.807, 2.05) is 50.5 Å². The van der Waals surface area contributed by atoms with Gasteiger partial charge in [0.1, 0.15) is 11.6 Å². The fraction of sp³-hybridized carbons (Fsp3) is 0.0909. The van der Waals surface area contributed by atoms with Gasteiger partial charge in [0, 0.05) is 36.6 Å². The highest BCUT2D eigenvalue weighted by molar-refractivity contribution is 5.88. The van der Waals surface area contributed by atoms with Crippen molar-refractivity contribution < 1.29 is 0 Å². The maximum absolute atomic E-state index is 4.79. The molecule has 138 valence electrons. The number of anilines is 2. The highest BCUT2D eigenvalue weighted by atomic mass is 14.9. The fourth-order valence-electron chi connectivity index (χ4n) is 3.48. The van der Waals surface area contributed by atoms with Crippen molar-refractivity contribution in [3.63, 3.8) is 0 Å². The number of H-pyrrole nitrogens is 2. The van der Waals surface area contributed by atoms with Gasteiger partial charge in [-0.1, -0.05) is 24.3 Å². The molecule has 28 heavy (non-hydrogen) atoms. The first-order valence-electron chi connectivity index (χ1n) is 9.20. The van der Waals surface area contributed by atoms with Gasteiger partial charge in [0.05, 0.1) is 22.1 Å². The molecule has 0 atom stereocenters. The van der Waals surface area contributed by atoms with E-state index in [9.17, 15) is 0 Å². The third kappa shape index (κ3) is 2.66. The molecule has 0 bridgehead atoms. The molecule has 0 aliphatic carbocycles. The average molecular weight is 368 g/mol. The van der Waals surface area contributed by atoms with Crippen LogP contribution in [0.5, 0.6) is 0 Å². The molecular formula is C22H20N6. The Morgan fingerprint density at radius 1 is 0.643 bits per heavy atom. The Hall–Kier alpha value is -3.80. The van der Waals surface area contributed by atoms with Crippen molar-refractivity contribution in [2.45, 2.75) is 0 Å². The largest absolute Gasteiger partial charge is 0.388 e. The maximum atomic E-state index is 4.79. The van der Waals surface area contributed by atoms with Crippen LogP contribution in [-0.2, 0) is 0 Å². The van der Waals surface area contributed by atoms with Crippen molar-refractivity contribution in [1.82, 2.24) is 19.9 Å². The number of aromatic nitrogens is 4. The third-order valence-electron chi connectivity index (χ3n) is 4.98. The molecule has 2 aromatic heterocycles. The van der Waals surface area contributed by atoms with E-state index in [1.54, 1.807) is 0 Å². The minimum atomic E-state index is 0.829. The lowest BCUT2D eigenvalue weighted by atomic mass is 10.1. The normalized spacial score (nSPS) is 11.2. The summed E-state index contributed by atoms with van der Waals surface area (Å²) in [4.78, 5) is 16.5. The molecule has 0 radical (unpaired) electrons. The van der Waals surface area contributed by atoms with Gasteiger partial charge in [-0.05, 0) is 36.4 Å². The van der Waals surface area contributed by atoms with E-state index in [0.717, 1.165) is 56.2 Å². The van der Waals surface area contributed by atoms with Crippen molar-refractivity contribution in [2.24, 2.45) is 0 Å². The minimum absolute atomic E-state index is 0.829. The van der Waals surface area contributed by atoms with E-state index in [-0.39, 0.29) is 0 Å². The number of imidazole rings is 2. The Morgan fingerprint density at radius 3 is 1.54 bits per heavy atom. The van der Waals surface area contributed by atoms with E-state index in [4.69, 9.17) is 9.97 Å². The number of nitrogens with zero attached hydrogens (tertiary/aromatic N) is 2. The second-order valence-electron chi connectivity index (χ2n) is 6.68. The molecule has 0 saturated carbocycles. The van der Waals surface area contributed by atoms with E-state index in [2.05, 4.69) is 44.9 Å². The molecule has 0 aliphatic rings. The smallest absolute Gasteiger partial charge is 0.139 e. The van der Waals surface area contributed by atoms with Gasteiger partial charge in [-0.2, -0.15) is 0 Å². The molecule has 0 aliphatic heterocycles. The Balaban J connectivity index is 1.65. The van der Waals surface area contributed by atoms with Gasteiger partial charge >= 0.3 is 0 Å². The summed E-state index contributed by atoms with van der Waals surface area (Å²) in [5, 5.41) is 6.32. The summed E-state index contributed by atoms with van der Waals surface area (Å²) < 4.78 is 0. The first-order valence-corrected chi connectivity index (χ1v) is 9.20. The Labute approximate surface area is 162 Å². The zero-order chi connectivity index (χ0) is 19.1. The number of benzene rings is 3. The summed E-state index contributed by atoms with van der Waals surface area (Å²) in [5.74, 6) is 1.66. The molecule has 2 heterocycles. The van der Waals surface area contributed by atoms with Crippen molar-refractivity contribution >= 4 is 33.4 Å². The zero-order valence-corrected chi connectivity index (χ0v) is 15.7. The number of nitrogens with one attached hydrogen (secondary N) is 4. The van der Waals surface area contributed by atoms with Gasteiger partial charge in [-0.15, -0.1) is 0 Å². The second-order valence-corrected chi connectivity index (χ2v) is 6.68. The Kier molecular flexibility index (Phi) is 3.76. The molecule has 3 aromatic carbocycles. The molecule has 6 heteroatoms. The summed E-state index contributed by atoms with van der Waals surface area (Å²) in [6, 6.07) is 20.4. The number of fused-ring (bicyclic) bond motifs is 2. The van der Waals surface area contributed by atoms with Gasteiger partial charge in [-0.3, -0.25) is 0 Å². The van der Waals surface area contributed by atoms with Crippen molar-refractivity contribution in [1.29, 1.82) is 0 Å². The van der Waals surface area contributed by atoms with Crippen LogP contribution >= 0.6 is 0 Å². The Bertz CT molecular complexity index is 1200. The van der Waals surface area contributed by atoms with Crippen LogP contribution in [0.4, 0.5) is 11.4 Å². The summed E-state index contributed by atoms with van der Waals surface area (Å²) in [5.41, 5.74) is 8.00. The maximum Gasteiger partial charge on any atom is 0.139 e. The zero-order valence-electron chi connectivity index (χ0n) is 15.7. The monoisotopic (exact) mass is 368 g/mol. The summed E-state index contributed by atoms with van der Waals surface area (Å²) in [6.45, 7) is 0. The van der Waals surface area contributed by atoms with Gasteiger partial charge in [0.2, 0.25) is 0 Å². The van der Waals surface area contributed by atoms with Crippen LogP contribution in [-0.4, -0.2) is 34.0 Å². The number of rotatable bonds is 4. The molecule has 5 aromatic rings. The van der Waals surface area contributed by atoms with Crippen molar-refractivity contribution in [3.05, 3.63) is 60.7 Å². The van der Waals surface area contributed by atoms with Gasteiger partial charge in [0.15, 0.2) is 0 Å². The summed E-state index contributed by atoms with van der Waals surface area (Å²) in [6.07, 6.45) is 0. The standard InChI is InChI=1S/C22H20N6/c1-23-13-7-9-17-19(11-13)27-21(25-17)15-5-3-4-6-16(15)22-26-18-10-8-14(24-2)12-20(18)28-22/h3-12,23-24H,1-2H3,(H,25,27)(H,26,28). The number of hydrogen-bond donors (Lipinski definition) is 4. The van der Waals surface area contributed by atoms with E-state index in [0.29, 0.717) is 0 Å². The molecule has 0 spiro atoms. The Morgan fingerprint density at radius 2 is 1.11 bits per heavy atom. The van der Waals surface area contributed by atoms with E-state index < -0.39 is 0 Å². The van der Waals surface area contributed by atoms with Crippen LogP contribution in [0.25, 0.3) is 44.8 Å². The lowest BCUT2D eigenvalue weighted by Gasteiger charge is -2.04. The summed E-state index contributed by atoms with van der Waals surface area (Å²) in [7, 11) is 3.82. The molecular weight excluding hydrogens is 348 g/mol.